The highest BCUT2D eigenvalue weighted by atomic mass is 19.1. The Kier molecular flexibility index (Phi) is 4.10. The fourth-order valence-corrected chi connectivity index (χ4v) is 2.63. The van der Waals surface area contributed by atoms with Gasteiger partial charge in [0.25, 0.3) is 5.91 Å². The zero-order chi connectivity index (χ0) is 15.5. The van der Waals surface area contributed by atoms with Crippen LogP contribution in [0.3, 0.4) is 0 Å². The van der Waals surface area contributed by atoms with Crippen LogP contribution in [0, 0.1) is 5.82 Å². The first-order valence-corrected chi connectivity index (χ1v) is 7.16. The molecule has 1 aromatic rings. The fraction of sp³-hybridized carbons (Fsp3) is 0.429. The summed E-state index contributed by atoms with van der Waals surface area (Å²) < 4.78 is 19.2. The lowest BCUT2D eigenvalue weighted by Gasteiger charge is -2.25. The van der Waals surface area contributed by atoms with E-state index in [1.54, 1.807) is 0 Å². The maximum atomic E-state index is 14.0. The lowest BCUT2D eigenvalue weighted by molar-refractivity contribution is -0.118. The van der Waals surface area contributed by atoms with Crippen LogP contribution in [-0.2, 0) is 4.79 Å². The molecule has 0 bridgehead atoms. The van der Waals surface area contributed by atoms with Gasteiger partial charge in [-0.2, -0.15) is 0 Å². The van der Waals surface area contributed by atoms with E-state index in [-0.39, 0.29) is 24.2 Å². The molecule has 0 saturated heterocycles. The van der Waals surface area contributed by atoms with Gasteiger partial charge in [-0.25, -0.2) is 9.82 Å². The smallest absolute Gasteiger partial charge is 0.262 e. The van der Waals surface area contributed by atoms with Gasteiger partial charge in [-0.3, -0.25) is 4.79 Å². The van der Waals surface area contributed by atoms with Crippen LogP contribution in [-0.4, -0.2) is 29.5 Å². The number of benzene rings is 1. The third kappa shape index (κ3) is 2.96. The molecule has 0 aromatic heterocycles. The second-order valence-corrected chi connectivity index (χ2v) is 5.32. The Hall–Kier alpha value is -2.35. The summed E-state index contributed by atoms with van der Waals surface area (Å²) in [5, 5.41) is 14.9. The molecule has 1 fully saturated rings. The van der Waals surface area contributed by atoms with Crippen LogP contribution in [0.5, 0.6) is 5.75 Å². The van der Waals surface area contributed by atoms with Crippen LogP contribution in [0.2, 0.25) is 0 Å². The van der Waals surface area contributed by atoms with E-state index in [0.29, 0.717) is 23.6 Å². The van der Waals surface area contributed by atoms with E-state index in [1.165, 1.54) is 12.1 Å². The Morgan fingerprint density at radius 3 is 3.09 bits per heavy atom. The minimum atomic E-state index is -0.499. The lowest BCUT2D eigenvalue weighted by atomic mass is 9.94. The van der Waals surface area contributed by atoms with Gasteiger partial charge in [0.15, 0.2) is 12.4 Å². The van der Waals surface area contributed by atoms with E-state index in [2.05, 4.69) is 21.3 Å². The number of fused-ring (bicyclic) bond motifs is 1. The summed E-state index contributed by atoms with van der Waals surface area (Å²) in [6, 6.07) is 2.54. The number of nitrogens with one attached hydrogen (secondary N) is 3. The molecule has 2 aliphatic rings. The van der Waals surface area contributed by atoms with Gasteiger partial charge in [0.05, 0.1) is 23.1 Å². The Labute approximate surface area is 126 Å². The normalized spacial score (nSPS) is 22.7. The molecule has 1 amide bonds. The summed E-state index contributed by atoms with van der Waals surface area (Å²) in [5.74, 6) is -0.474. The molecule has 8 heteroatoms. The van der Waals surface area contributed by atoms with Gasteiger partial charge in [0.1, 0.15) is 5.75 Å². The second-order valence-electron chi connectivity index (χ2n) is 5.32. The summed E-state index contributed by atoms with van der Waals surface area (Å²) in [4.78, 5) is 11.3. The van der Waals surface area contributed by atoms with Crippen LogP contribution in [0.1, 0.15) is 25.7 Å². The van der Waals surface area contributed by atoms with Crippen molar-refractivity contribution in [2.75, 3.05) is 17.3 Å². The van der Waals surface area contributed by atoms with Gasteiger partial charge in [-0.1, -0.05) is 11.6 Å². The molecule has 118 valence electrons. The third-order valence-corrected chi connectivity index (χ3v) is 3.79. The van der Waals surface area contributed by atoms with E-state index < -0.39 is 5.82 Å². The van der Waals surface area contributed by atoms with E-state index in [1.807, 2.05) is 0 Å². The Morgan fingerprint density at radius 2 is 2.27 bits per heavy atom. The molecule has 3 rings (SSSR count). The van der Waals surface area contributed by atoms with Crippen molar-refractivity contribution in [2.45, 2.75) is 31.7 Å². The molecule has 7 nitrogen and oxygen atoms in total. The highest BCUT2D eigenvalue weighted by Gasteiger charge is 2.22. The molecule has 1 aromatic carbocycles. The minimum absolute atomic E-state index is 0.115. The standard InChI is InChI=1S/C14H17FN4O3/c15-8-5-13-12(16-14(20)7-22-13)6-11(8)18-17-9-3-1-2-4-10(9)19-21/h5-6,9,17-18,21H,1-4,7H2,(H,16,20). The number of hydrogen-bond acceptors (Lipinski definition) is 6. The molecule has 1 saturated carbocycles. The number of anilines is 2. The van der Waals surface area contributed by atoms with Crippen molar-refractivity contribution in [3.8, 4) is 5.75 Å². The van der Waals surface area contributed by atoms with Gasteiger partial charge >= 0.3 is 0 Å². The maximum absolute atomic E-state index is 14.0. The van der Waals surface area contributed by atoms with Gasteiger partial charge < -0.3 is 20.7 Å². The quantitative estimate of drug-likeness (QED) is 0.505. The molecule has 0 spiro atoms. The number of carbonyl (C=O) groups excluding carboxylic acids is 1. The van der Waals surface area contributed by atoms with Crippen LogP contribution < -0.4 is 20.9 Å². The van der Waals surface area contributed by atoms with Crippen LogP contribution in [0.4, 0.5) is 15.8 Å². The topological polar surface area (TPSA) is 95.0 Å². The monoisotopic (exact) mass is 308 g/mol. The average molecular weight is 308 g/mol. The van der Waals surface area contributed by atoms with Crippen LogP contribution in [0.25, 0.3) is 0 Å². The molecule has 1 aliphatic carbocycles. The highest BCUT2D eigenvalue weighted by Crippen LogP contribution is 2.32. The first-order valence-electron chi connectivity index (χ1n) is 7.16. The minimum Gasteiger partial charge on any atom is -0.481 e. The second kappa shape index (κ2) is 6.18. The Balaban J connectivity index is 1.72. The summed E-state index contributed by atoms with van der Waals surface area (Å²) in [6.45, 7) is -0.115. The number of ether oxygens (including phenoxy) is 1. The van der Waals surface area contributed by atoms with Crippen LogP contribution >= 0.6 is 0 Å². The predicted octanol–water partition coefficient (Wildman–Crippen LogP) is 1.85. The molecule has 22 heavy (non-hydrogen) atoms. The van der Waals surface area contributed by atoms with Crippen molar-refractivity contribution < 1.29 is 19.1 Å². The summed E-state index contributed by atoms with van der Waals surface area (Å²) in [6.07, 6.45) is 3.51. The van der Waals surface area contributed by atoms with Crippen molar-refractivity contribution in [3.63, 3.8) is 0 Å². The number of carbonyl (C=O) groups is 1. The molecule has 1 atom stereocenters. The number of halogens is 1. The van der Waals surface area contributed by atoms with Crippen molar-refractivity contribution in [3.05, 3.63) is 17.9 Å². The van der Waals surface area contributed by atoms with Gasteiger partial charge in [-0.05, 0) is 25.3 Å². The van der Waals surface area contributed by atoms with Gasteiger partial charge in [0.2, 0.25) is 0 Å². The van der Waals surface area contributed by atoms with Crippen LogP contribution in [0.15, 0.2) is 17.3 Å². The van der Waals surface area contributed by atoms with E-state index in [9.17, 15) is 9.18 Å². The average Bonchev–Trinajstić information content (AvgIpc) is 2.53. The molecular weight excluding hydrogens is 291 g/mol. The molecule has 1 heterocycles. The number of oxime groups is 1. The number of rotatable bonds is 3. The summed E-state index contributed by atoms with van der Waals surface area (Å²) in [5.41, 5.74) is 7.00. The molecular formula is C14H17FN4O3. The number of nitrogens with zero attached hydrogens (tertiary/aromatic N) is 1. The third-order valence-electron chi connectivity index (χ3n) is 3.79. The largest absolute Gasteiger partial charge is 0.481 e. The zero-order valence-corrected chi connectivity index (χ0v) is 11.9. The lowest BCUT2D eigenvalue weighted by Crippen LogP contribution is -2.42. The fourth-order valence-electron chi connectivity index (χ4n) is 2.63. The number of hydrazine groups is 1. The Morgan fingerprint density at radius 1 is 1.41 bits per heavy atom. The SMILES string of the molecule is O=C1COc2cc(F)c(NNC3CCCCC3=NO)cc2N1. The van der Waals surface area contributed by atoms with E-state index >= 15 is 0 Å². The highest BCUT2D eigenvalue weighted by molar-refractivity contribution is 5.96. The first kappa shape index (κ1) is 14.6. The first-order chi connectivity index (χ1) is 10.7. The van der Waals surface area contributed by atoms with Crippen molar-refractivity contribution in [2.24, 2.45) is 5.16 Å². The maximum Gasteiger partial charge on any atom is 0.262 e. The predicted molar refractivity (Wildman–Crippen MR) is 78.8 cm³/mol. The van der Waals surface area contributed by atoms with Gasteiger partial charge in [0, 0.05) is 6.07 Å². The Bertz CT molecular complexity index is 620. The van der Waals surface area contributed by atoms with Crippen molar-refractivity contribution in [1.82, 2.24) is 5.43 Å². The summed E-state index contributed by atoms with van der Waals surface area (Å²) >= 11 is 0. The molecule has 1 aliphatic heterocycles. The van der Waals surface area contributed by atoms with E-state index in [4.69, 9.17) is 9.94 Å². The number of amides is 1. The molecule has 4 N–H and O–H groups in total. The molecule has 0 radical (unpaired) electrons. The van der Waals surface area contributed by atoms with Crippen molar-refractivity contribution in [1.29, 1.82) is 0 Å². The number of hydrogen-bond donors (Lipinski definition) is 4. The van der Waals surface area contributed by atoms with E-state index in [0.717, 1.165) is 19.3 Å². The summed E-state index contributed by atoms with van der Waals surface area (Å²) in [7, 11) is 0. The molecule has 1 unspecified atom stereocenters. The van der Waals surface area contributed by atoms with Crippen molar-refractivity contribution >= 4 is 23.0 Å². The van der Waals surface area contributed by atoms with Gasteiger partial charge in [-0.15, -0.1) is 0 Å². The zero-order valence-electron chi connectivity index (χ0n) is 11.9.